The molecule has 0 saturated carbocycles. The summed E-state index contributed by atoms with van der Waals surface area (Å²) in [7, 11) is 0. The summed E-state index contributed by atoms with van der Waals surface area (Å²) in [6.07, 6.45) is 0. The standard InChI is InChI=1S/C11H7N5O2/c17-10-7-9(13-11(18)14-10)16-15-8(12-7)6-4-2-1-3-5-6/h1-5H,(H2,13,14,16,17,18). The highest BCUT2D eigenvalue weighted by molar-refractivity contribution is 5.70. The molecule has 0 unspecified atom stereocenters. The van der Waals surface area contributed by atoms with Crippen molar-refractivity contribution in [3.8, 4) is 11.4 Å². The van der Waals surface area contributed by atoms with E-state index in [-0.39, 0.29) is 11.2 Å². The van der Waals surface area contributed by atoms with Gasteiger partial charge in [0.2, 0.25) is 0 Å². The van der Waals surface area contributed by atoms with E-state index in [1.54, 1.807) is 0 Å². The van der Waals surface area contributed by atoms with Gasteiger partial charge in [0, 0.05) is 5.56 Å². The van der Waals surface area contributed by atoms with Gasteiger partial charge in [-0.2, -0.15) is 0 Å². The Bertz CT molecular complexity index is 822. The average molecular weight is 241 g/mol. The molecule has 7 heteroatoms. The first-order valence-electron chi connectivity index (χ1n) is 5.16. The molecule has 3 rings (SSSR count). The molecule has 0 aliphatic rings. The molecule has 0 radical (unpaired) electrons. The Morgan fingerprint density at radius 3 is 2.50 bits per heavy atom. The van der Waals surface area contributed by atoms with Crippen LogP contribution in [-0.4, -0.2) is 25.1 Å². The maximum absolute atomic E-state index is 11.6. The van der Waals surface area contributed by atoms with Crippen LogP contribution < -0.4 is 11.2 Å². The number of rotatable bonds is 1. The minimum Gasteiger partial charge on any atom is -0.288 e. The van der Waals surface area contributed by atoms with Crippen LogP contribution in [-0.2, 0) is 0 Å². The Balaban J connectivity index is 2.30. The second-order valence-electron chi connectivity index (χ2n) is 3.61. The molecule has 1 aromatic carbocycles. The fourth-order valence-electron chi connectivity index (χ4n) is 1.58. The van der Waals surface area contributed by atoms with Crippen molar-refractivity contribution in [2.24, 2.45) is 0 Å². The number of H-pyrrole nitrogens is 2. The molecule has 2 aromatic heterocycles. The van der Waals surface area contributed by atoms with Crippen LogP contribution in [0.25, 0.3) is 22.6 Å². The van der Waals surface area contributed by atoms with Crippen molar-refractivity contribution in [2.45, 2.75) is 0 Å². The van der Waals surface area contributed by atoms with E-state index in [4.69, 9.17) is 0 Å². The van der Waals surface area contributed by atoms with Crippen molar-refractivity contribution in [3.05, 3.63) is 51.2 Å². The third-order valence-corrected chi connectivity index (χ3v) is 2.39. The van der Waals surface area contributed by atoms with Gasteiger partial charge in [0.15, 0.2) is 17.0 Å². The highest BCUT2D eigenvalue weighted by atomic mass is 16.2. The third kappa shape index (κ3) is 1.67. The third-order valence-electron chi connectivity index (χ3n) is 2.39. The minimum absolute atomic E-state index is 0.0588. The van der Waals surface area contributed by atoms with Gasteiger partial charge in [0.1, 0.15) is 0 Å². The SMILES string of the molecule is O=c1[nH]c(=O)c2nc(-c3ccccc3)nnc2[nH]1. The predicted molar refractivity (Wildman–Crippen MR) is 64.0 cm³/mol. The molecule has 0 saturated heterocycles. The van der Waals surface area contributed by atoms with Crippen LogP contribution in [0.1, 0.15) is 0 Å². The number of nitrogens with zero attached hydrogens (tertiary/aromatic N) is 3. The molecule has 18 heavy (non-hydrogen) atoms. The van der Waals surface area contributed by atoms with E-state index < -0.39 is 11.2 Å². The highest BCUT2D eigenvalue weighted by Gasteiger charge is 2.07. The summed E-state index contributed by atoms with van der Waals surface area (Å²) in [5.74, 6) is 0.334. The number of nitrogens with one attached hydrogen (secondary N) is 2. The monoisotopic (exact) mass is 241 g/mol. The van der Waals surface area contributed by atoms with Crippen LogP contribution in [0.15, 0.2) is 39.9 Å². The van der Waals surface area contributed by atoms with Gasteiger partial charge in [-0.1, -0.05) is 30.3 Å². The van der Waals surface area contributed by atoms with E-state index in [2.05, 4.69) is 25.1 Å². The Kier molecular flexibility index (Phi) is 2.23. The average Bonchev–Trinajstić information content (AvgIpc) is 2.39. The number of hydrogen-bond acceptors (Lipinski definition) is 5. The van der Waals surface area contributed by atoms with Crippen molar-refractivity contribution < 1.29 is 0 Å². The smallest absolute Gasteiger partial charge is 0.288 e. The van der Waals surface area contributed by atoms with Gasteiger partial charge in [-0.25, -0.2) is 9.78 Å². The fraction of sp³-hybridized carbons (Fsp3) is 0. The first-order valence-corrected chi connectivity index (χ1v) is 5.16. The Morgan fingerprint density at radius 1 is 0.944 bits per heavy atom. The lowest BCUT2D eigenvalue weighted by atomic mass is 10.2. The molecule has 0 spiro atoms. The summed E-state index contributed by atoms with van der Waals surface area (Å²) in [6.45, 7) is 0. The number of fused-ring (bicyclic) bond motifs is 1. The molecule has 0 atom stereocenters. The van der Waals surface area contributed by atoms with Crippen molar-refractivity contribution >= 4 is 11.2 Å². The van der Waals surface area contributed by atoms with Crippen LogP contribution in [0.2, 0.25) is 0 Å². The van der Waals surface area contributed by atoms with Crippen LogP contribution in [0, 0.1) is 0 Å². The Morgan fingerprint density at radius 2 is 1.72 bits per heavy atom. The molecule has 2 heterocycles. The quantitative estimate of drug-likeness (QED) is 0.627. The number of aromatic nitrogens is 5. The lowest BCUT2D eigenvalue weighted by Gasteiger charge is -1.99. The van der Waals surface area contributed by atoms with Crippen LogP contribution in [0.5, 0.6) is 0 Å². The van der Waals surface area contributed by atoms with Crippen LogP contribution in [0.4, 0.5) is 0 Å². The van der Waals surface area contributed by atoms with Gasteiger partial charge >= 0.3 is 5.69 Å². The van der Waals surface area contributed by atoms with E-state index in [0.717, 1.165) is 5.56 Å². The van der Waals surface area contributed by atoms with Gasteiger partial charge in [-0.15, -0.1) is 10.2 Å². The predicted octanol–water partition coefficient (Wildman–Crippen LogP) is 0.0684. The van der Waals surface area contributed by atoms with Gasteiger partial charge < -0.3 is 0 Å². The summed E-state index contributed by atoms with van der Waals surface area (Å²) in [6, 6.07) is 9.15. The number of hydrogen-bond donors (Lipinski definition) is 2. The van der Waals surface area contributed by atoms with E-state index >= 15 is 0 Å². The Hall–Kier alpha value is -2.83. The highest BCUT2D eigenvalue weighted by Crippen LogP contribution is 2.13. The molecule has 2 N–H and O–H groups in total. The fourth-order valence-corrected chi connectivity index (χ4v) is 1.58. The molecule has 0 bridgehead atoms. The zero-order valence-electron chi connectivity index (χ0n) is 9.04. The summed E-state index contributed by atoms with van der Waals surface area (Å²) in [4.78, 5) is 31.2. The van der Waals surface area contributed by atoms with E-state index in [0.29, 0.717) is 5.82 Å². The molecular weight excluding hydrogens is 234 g/mol. The van der Waals surface area contributed by atoms with E-state index in [9.17, 15) is 9.59 Å². The summed E-state index contributed by atoms with van der Waals surface area (Å²) in [5, 5.41) is 7.67. The molecule has 7 nitrogen and oxygen atoms in total. The lowest BCUT2D eigenvalue weighted by Crippen LogP contribution is -2.23. The number of benzene rings is 1. The maximum Gasteiger partial charge on any atom is 0.327 e. The Labute approximate surface area is 99.6 Å². The normalized spacial score (nSPS) is 10.7. The van der Waals surface area contributed by atoms with Gasteiger partial charge in [0.05, 0.1) is 0 Å². The second-order valence-corrected chi connectivity index (χ2v) is 3.61. The van der Waals surface area contributed by atoms with Crippen molar-refractivity contribution in [1.29, 1.82) is 0 Å². The maximum atomic E-state index is 11.6. The zero-order chi connectivity index (χ0) is 12.5. The molecule has 88 valence electrons. The summed E-state index contributed by atoms with van der Waals surface area (Å²) in [5.41, 5.74) is -0.332. The first kappa shape index (κ1) is 10.3. The van der Waals surface area contributed by atoms with Crippen LogP contribution in [0.3, 0.4) is 0 Å². The lowest BCUT2D eigenvalue weighted by molar-refractivity contribution is 0.967. The van der Waals surface area contributed by atoms with Gasteiger partial charge in [-0.3, -0.25) is 14.8 Å². The topological polar surface area (TPSA) is 104 Å². The van der Waals surface area contributed by atoms with E-state index in [1.807, 2.05) is 30.3 Å². The largest absolute Gasteiger partial charge is 0.327 e. The summed E-state index contributed by atoms with van der Waals surface area (Å²) < 4.78 is 0. The minimum atomic E-state index is -0.629. The van der Waals surface area contributed by atoms with Crippen LogP contribution >= 0.6 is 0 Å². The van der Waals surface area contributed by atoms with Crippen molar-refractivity contribution in [3.63, 3.8) is 0 Å². The molecule has 0 fully saturated rings. The number of aromatic amines is 2. The molecule has 0 aliphatic carbocycles. The van der Waals surface area contributed by atoms with Crippen molar-refractivity contribution in [1.82, 2.24) is 25.1 Å². The summed E-state index contributed by atoms with van der Waals surface area (Å²) >= 11 is 0. The molecule has 0 aliphatic heterocycles. The van der Waals surface area contributed by atoms with Crippen molar-refractivity contribution in [2.75, 3.05) is 0 Å². The first-order chi connectivity index (χ1) is 8.74. The second kappa shape index (κ2) is 3.88. The van der Waals surface area contributed by atoms with Gasteiger partial charge in [0.25, 0.3) is 5.56 Å². The zero-order valence-corrected chi connectivity index (χ0v) is 9.04. The molecule has 3 aromatic rings. The molecular formula is C11H7N5O2. The molecule has 0 amide bonds. The van der Waals surface area contributed by atoms with E-state index in [1.165, 1.54) is 0 Å². The van der Waals surface area contributed by atoms with Gasteiger partial charge in [-0.05, 0) is 0 Å².